The number of carboxylic acids is 1. The van der Waals surface area contributed by atoms with Gasteiger partial charge in [0.1, 0.15) is 0 Å². The molecule has 1 N–H and O–H groups in total. The number of aliphatic carboxylic acids is 1. The highest BCUT2D eigenvalue weighted by Crippen LogP contribution is 2.28. The Morgan fingerprint density at radius 3 is 2.30 bits per heavy atom. The van der Waals surface area contributed by atoms with Crippen molar-refractivity contribution in [1.82, 2.24) is 4.57 Å². The molecule has 0 bridgehead atoms. The Morgan fingerprint density at radius 1 is 0.879 bits per heavy atom. The van der Waals surface area contributed by atoms with Crippen molar-refractivity contribution in [2.75, 3.05) is 0 Å². The summed E-state index contributed by atoms with van der Waals surface area (Å²) in [6, 6.07) is 23.7. The fraction of sp³-hybridized carbons (Fsp3) is 0.222. The fourth-order valence-electron chi connectivity index (χ4n) is 4.00. The molecule has 6 heteroatoms. The van der Waals surface area contributed by atoms with Crippen molar-refractivity contribution in [3.63, 3.8) is 0 Å². The summed E-state index contributed by atoms with van der Waals surface area (Å²) in [5.74, 6) is -0.812. The summed E-state index contributed by atoms with van der Waals surface area (Å²) in [7, 11) is 0. The largest absolute Gasteiger partial charge is 0.481 e. The van der Waals surface area contributed by atoms with E-state index in [1.165, 1.54) is 11.1 Å². The van der Waals surface area contributed by atoms with Gasteiger partial charge in [0, 0.05) is 23.7 Å². The Balaban J connectivity index is 1.66. The molecule has 4 nitrogen and oxygen atoms in total. The molecule has 0 amide bonds. The van der Waals surface area contributed by atoms with Crippen molar-refractivity contribution in [3.8, 4) is 5.69 Å². The average molecular weight is 449 g/mol. The molecule has 0 atom stereocenters. The zero-order valence-electron chi connectivity index (χ0n) is 18.1. The maximum atomic E-state index is 12.3. The van der Waals surface area contributed by atoms with E-state index in [0.717, 1.165) is 35.0 Å². The van der Waals surface area contributed by atoms with Gasteiger partial charge in [-0.3, -0.25) is 4.79 Å². The molecule has 0 saturated heterocycles. The second-order valence-corrected chi connectivity index (χ2v) is 7.99. The Bertz CT molecular complexity index is 1220. The van der Waals surface area contributed by atoms with E-state index in [-0.39, 0.29) is 13.0 Å². The van der Waals surface area contributed by atoms with Gasteiger partial charge in [0.05, 0.1) is 12.1 Å². The molecule has 0 radical (unpaired) electrons. The number of nitrogens with zero attached hydrogens (tertiary/aromatic N) is 1. The van der Waals surface area contributed by atoms with E-state index in [1.54, 1.807) is 12.1 Å². The second-order valence-electron chi connectivity index (χ2n) is 7.99. The Labute approximate surface area is 191 Å². The monoisotopic (exact) mass is 449 g/mol. The normalized spacial score (nSPS) is 11.4. The molecule has 0 unspecified atom stereocenters. The first-order valence-electron chi connectivity index (χ1n) is 10.9. The highest BCUT2D eigenvalue weighted by Gasteiger charge is 2.12. The van der Waals surface area contributed by atoms with Crippen LogP contribution in [0, 0.1) is 0 Å². The van der Waals surface area contributed by atoms with Crippen LogP contribution < -0.4 is 0 Å². The predicted octanol–water partition coefficient (Wildman–Crippen LogP) is 6.17. The second kappa shape index (κ2) is 10.4. The molecule has 4 aromatic rings. The number of halogens is 2. The SMILES string of the molecule is O=C(O)CCc1ccc2c(c1)c(CCc1ccccc1)cn2-c1ccc(COC(F)F)cc1. The van der Waals surface area contributed by atoms with Crippen LogP contribution in [0.1, 0.15) is 28.7 Å². The number of rotatable bonds is 10. The van der Waals surface area contributed by atoms with E-state index in [2.05, 4.69) is 33.7 Å². The number of aryl methyl sites for hydroxylation is 3. The summed E-state index contributed by atoms with van der Waals surface area (Å²) < 4.78 is 31.1. The van der Waals surface area contributed by atoms with Gasteiger partial charge in [0.25, 0.3) is 0 Å². The molecule has 4 rings (SSSR count). The third-order valence-electron chi connectivity index (χ3n) is 5.70. The van der Waals surface area contributed by atoms with Gasteiger partial charge in [-0.2, -0.15) is 8.78 Å². The summed E-state index contributed by atoms with van der Waals surface area (Å²) in [6.45, 7) is -2.93. The molecule has 0 spiro atoms. The van der Waals surface area contributed by atoms with Gasteiger partial charge < -0.3 is 14.4 Å². The molecule has 1 heterocycles. The van der Waals surface area contributed by atoms with Crippen LogP contribution in [-0.4, -0.2) is 22.3 Å². The highest BCUT2D eigenvalue weighted by molar-refractivity contribution is 5.86. The van der Waals surface area contributed by atoms with Gasteiger partial charge in [-0.05, 0) is 65.8 Å². The predicted molar refractivity (Wildman–Crippen MR) is 124 cm³/mol. The number of hydrogen-bond acceptors (Lipinski definition) is 2. The lowest BCUT2D eigenvalue weighted by molar-refractivity contribution is -0.137. The van der Waals surface area contributed by atoms with Gasteiger partial charge in [-0.15, -0.1) is 0 Å². The Morgan fingerprint density at radius 2 is 1.61 bits per heavy atom. The van der Waals surface area contributed by atoms with Crippen LogP contribution in [0.4, 0.5) is 8.78 Å². The fourth-order valence-corrected chi connectivity index (χ4v) is 4.00. The van der Waals surface area contributed by atoms with Gasteiger partial charge in [-0.1, -0.05) is 48.5 Å². The molecule has 0 fully saturated rings. The van der Waals surface area contributed by atoms with E-state index in [4.69, 9.17) is 5.11 Å². The van der Waals surface area contributed by atoms with Crippen molar-refractivity contribution in [2.24, 2.45) is 0 Å². The van der Waals surface area contributed by atoms with Crippen LogP contribution >= 0.6 is 0 Å². The third kappa shape index (κ3) is 5.84. The molecule has 0 aliphatic heterocycles. The Hall–Kier alpha value is -3.51. The molecule has 1 aromatic heterocycles. The quantitative estimate of drug-likeness (QED) is 0.315. The van der Waals surface area contributed by atoms with E-state index >= 15 is 0 Å². The smallest absolute Gasteiger partial charge is 0.345 e. The summed E-state index contributed by atoms with van der Waals surface area (Å²) >= 11 is 0. The first kappa shape index (κ1) is 22.7. The van der Waals surface area contributed by atoms with Gasteiger partial charge >= 0.3 is 12.6 Å². The topological polar surface area (TPSA) is 51.5 Å². The molecular weight excluding hydrogens is 424 g/mol. The molecule has 0 aliphatic carbocycles. The molecule has 33 heavy (non-hydrogen) atoms. The Kier molecular flexibility index (Phi) is 7.15. The molecular formula is C27H25F2NO3. The first-order chi connectivity index (χ1) is 16.0. The molecule has 170 valence electrons. The van der Waals surface area contributed by atoms with Crippen LogP contribution in [0.5, 0.6) is 0 Å². The van der Waals surface area contributed by atoms with Gasteiger partial charge in [-0.25, -0.2) is 0 Å². The minimum Gasteiger partial charge on any atom is -0.481 e. The maximum absolute atomic E-state index is 12.3. The summed E-state index contributed by atoms with van der Waals surface area (Å²) in [5.41, 5.74) is 6.04. The number of aromatic nitrogens is 1. The number of hydrogen-bond donors (Lipinski definition) is 1. The number of carbonyl (C=O) groups is 1. The van der Waals surface area contributed by atoms with Gasteiger partial charge in [0.2, 0.25) is 0 Å². The zero-order valence-corrected chi connectivity index (χ0v) is 18.1. The molecule has 0 saturated carbocycles. The lowest BCUT2D eigenvalue weighted by atomic mass is 10.0. The summed E-state index contributed by atoms with van der Waals surface area (Å²) in [6.07, 6.45) is 4.42. The number of fused-ring (bicyclic) bond motifs is 1. The van der Waals surface area contributed by atoms with Crippen LogP contribution in [0.25, 0.3) is 16.6 Å². The average Bonchev–Trinajstić information content (AvgIpc) is 3.19. The van der Waals surface area contributed by atoms with Gasteiger partial charge in [0.15, 0.2) is 0 Å². The lowest BCUT2D eigenvalue weighted by Crippen LogP contribution is -1.99. The van der Waals surface area contributed by atoms with Crippen molar-refractivity contribution >= 4 is 16.9 Å². The third-order valence-corrected chi connectivity index (χ3v) is 5.70. The summed E-state index contributed by atoms with van der Waals surface area (Å²) in [4.78, 5) is 11.0. The number of alkyl halides is 2. The standard InChI is InChI=1S/C27H25F2NO3/c28-27(29)33-18-21-7-12-23(13-8-21)30-17-22(11-6-19-4-2-1-3-5-19)24-16-20(9-14-25(24)30)10-15-26(31)32/h1-5,7-9,12-14,16-17,27H,6,10-11,15,18H2,(H,31,32). The highest BCUT2D eigenvalue weighted by atomic mass is 19.3. The van der Waals surface area contributed by atoms with E-state index in [0.29, 0.717) is 12.0 Å². The number of ether oxygens (including phenoxy) is 1. The van der Waals surface area contributed by atoms with Crippen molar-refractivity contribution in [3.05, 3.63) is 101 Å². The maximum Gasteiger partial charge on any atom is 0.345 e. The van der Waals surface area contributed by atoms with Crippen LogP contribution in [0.3, 0.4) is 0 Å². The minimum absolute atomic E-state index is 0.0910. The molecule has 0 aliphatic rings. The number of carboxylic acid groups (broad SMARTS) is 1. The van der Waals surface area contributed by atoms with E-state index in [1.807, 2.05) is 42.5 Å². The molecule has 3 aromatic carbocycles. The van der Waals surface area contributed by atoms with Crippen LogP contribution in [0.2, 0.25) is 0 Å². The van der Waals surface area contributed by atoms with Crippen molar-refractivity contribution in [1.29, 1.82) is 0 Å². The minimum atomic E-state index is -2.79. The van der Waals surface area contributed by atoms with E-state index < -0.39 is 12.6 Å². The van der Waals surface area contributed by atoms with Crippen LogP contribution in [0.15, 0.2) is 79.0 Å². The number of benzene rings is 3. The van der Waals surface area contributed by atoms with Crippen LogP contribution in [-0.2, 0) is 35.4 Å². The van der Waals surface area contributed by atoms with Crippen molar-refractivity contribution in [2.45, 2.75) is 38.9 Å². The zero-order chi connectivity index (χ0) is 23.2. The van der Waals surface area contributed by atoms with E-state index in [9.17, 15) is 13.6 Å². The first-order valence-corrected chi connectivity index (χ1v) is 10.9. The van der Waals surface area contributed by atoms with Crippen molar-refractivity contribution < 1.29 is 23.4 Å². The summed E-state index contributed by atoms with van der Waals surface area (Å²) in [5, 5.41) is 10.1. The lowest BCUT2D eigenvalue weighted by Gasteiger charge is -2.08.